The molecule has 0 radical (unpaired) electrons. The predicted molar refractivity (Wildman–Crippen MR) is 136 cm³/mol. The summed E-state index contributed by atoms with van der Waals surface area (Å²) in [4.78, 5) is 13.2. The summed E-state index contributed by atoms with van der Waals surface area (Å²) in [5.74, 6) is -1.04. The fraction of sp³-hybridized carbons (Fsp3) is 0.321. The molecule has 1 aliphatic heterocycles. The van der Waals surface area contributed by atoms with E-state index in [-0.39, 0.29) is 17.6 Å². The van der Waals surface area contributed by atoms with E-state index in [1.54, 1.807) is 25.1 Å². The smallest absolute Gasteiger partial charge is 0.324 e. The standard InChI is InChI=1S/C28H31NO5S/c1-4-9-25-24(18-26(34-25)23-13-8-11-20-10-6-7-12-22(20)23)27(28(30)33-5-2)29-35(31,32)21-16-14-19(3)15-17-21/h4,6-8,10-17,24-27,29H,1,5,9,18H2,2-3H3/t24-,25+,26+,27+/m0/s1. The molecular weight excluding hydrogens is 462 g/mol. The van der Waals surface area contributed by atoms with Crippen molar-refractivity contribution in [2.75, 3.05) is 6.61 Å². The molecule has 35 heavy (non-hydrogen) atoms. The molecule has 4 rings (SSSR count). The number of hydrogen-bond acceptors (Lipinski definition) is 5. The Kier molecular flexibility index (Phi) is 7.69. The lowest BCUT2D eigenvalue weighted by atomic mass is 9.88. The molecule has 0 aromatic heterocycles. The van der Waals surface area contributed by atoms with E-state index in [4.69, 9.17) is 9.47 Å². The number of aryl methyl sites for hydroxylation is 1. The van der Waals surface area contributed by atoms with Gasteiger partial charge in [0.15, 0.2) is 0 Å². The van der Waals surface area contributed by atoms with Crippen LogP contribution in [0.5, 0.6) is 0 Å². The van der Waals surface area contributed by atoms with Crippen LogP contribution < -0.4 is 4.72 Å². The first kappa shape index (κ1) is 25.1. The summed E-state index contributed by atoms with van der Waals surface area (Å²) in [6.45, 7) is 7.58. The Morgan fingerprint density at radius 3 is 2.57 bits per heavy atom. The van der Waals surface area contributed by atoms with E-state index < -0.39 is 34.1 Å². The topological polar surface area (TPSA) is 81.7 Å². The zero-order valence-corrected chi connectivity index (χ0v) is 20.8. The van der Waals surface area contributed by atoms with Crippen molar-refractivity contribution in [3.8, 4) is 0 Å². The molecule has 1 saturated heterocycles. The molecule has 0 saturated carbocycles. The molecule has 4 atom stereocenters. The van der Waals surface area contributed by atoms with Gasteiger partial charge in [-0.3, -0.25) is 4.79 Å². The molecule has 0 bridgehead atoms. The number of rotatable bonds is 9. The second-order valence-corrected chi connectivity index (χ2v) is 10.5. The van der Waals surface area contributed by atoms with Gasteiger partial charge in [-0.05, 0) is 55.2 Å². The quantitative estimate of drug-likeness (QED) is 0.332. The number of fused-ring (bicyclic) bond motifs is 1. The van der Waals surface area contributed by atoms with Crippen molar-refractivity contribution in [1.82, 2.24) is 4.72 Å². The van der Waals surface area contributed by atoms with Crippen LogP contribution >= 0.6 is 0 Å². The summed E-state index contributed by atoms with van der Waals surface area (Å²) in [6, 6.07) is 19.5. The Balaban J connectivity index is 1.69. The number of esters is 1. The van der Waals surface area contributed by atoms with Crippen LogP contribution in [0.2, 0.25) is 0 Å². The Morgan fingerprint density at radius 1 is 1.14 bits per heavy atom. The molecule has 1 aliphatic rings. The third-order valence-electron chi connectivity index (χ3n) is 6.45. The summed E-state index contributed by atoms with van der Waals surface area (Å²) in [6.07, 6.45) is 1.99. The molecule has 3 aromatic carbocycles. The SMILES string of the molecule is C=CC[C@H]1O[C@@H](c2cccc3ccccc23)C[C@@H]1[C@@H](NS(=O)(=O)c1ccc(C)cc1)C(=O)OCC. The van der Waals surface area contributed by atoms with Gasteiger partial charge in [0.1, 0.15) is 6.04 Å². The van der Waals surface area contributed by atoms with E-state index in [9.17, 15) is 13.2 Å². The first-order chi connectivity index (χ1) is 16.8. The number of hydrogen-bond donors (Lipinski definition) is 1. The summed E-state index contributed by atoms with van der Waals surface area (Å²) in [5, 5.41) is 2.17. The Bertz CT molecular complexity index is 1300. The highest BCUT2D eigenvalue weighted by Gasteiger charge is 2.45. The number of benzene rings is 3. The highest BCUT2D eigenvalue weighted by Crippen LogP contribution is 2.42. The van der Waals surface area contributed by atoms with Crippen LogP contribution in [0, 0.1) is 12.8 Å². The summed E-state index contributed by atoms with van der Waals surface area (Å²) >= 11 is 0. The van der Waals surface area contributed by atoms with Gasteiger partial charge in [-0.15, -0.1) is 6.58 Å². The van der Waals surface area contributed by atoms with Gasteiger partial charge in [-0.2, -0.15) is 4.72 Å². The van der Waals surface area contributed by atoms with Gasteiger partial charge in [-0.25, -0.2) is 8.42 Å². The first-order valence-corrected chi connectivity index (χ1v) is 13.3. The first-order valence-electron chi connectivity index (χ1n) is 11.8. The van der Waals surface area contributed by atoms with Crippen molar-refractivity contribution < 1.29 is 22.7 Å². The predicted octanol–water partition coefficient (Wildman–Crippen LogP) is 5.08. The van der Waals surface area contributed by atoms with Gasteiger partial charge in [0.05, 0.1) is 23.7 Å². The lowest BCUT2D eigenvalue weighted by Gasteiger charge is -2.26. The average molecular weight is 494 g/mol. The third-order valence-corrected chi connectivity index (χ3v) is 7.91. The Labute approximate surface area is 207 Å². The molecule has 1 fully saturated rings. The number of carbonyl (C=O) groups excluding carboxylic acids is 1. The van der Waals surface area contributed by atoms with Crippen LogP contribution in [0.15, 0.2) is 84.3 Å². The second kappa shape index (κ2) is 10.7. The Morgan fingerprint density at radius 2 is 1.86 bits per heavy atom. The summed E-state index contributed by atoms with van der Waals surface area (Å²) in [7, 11) is -3.96. The van der Waals surface area contributed by atoms with Crippen LogP contribution in [-0.4, -0.2) is 33.1 Å². The zero-order valence-electron chi connectivity index (χ0n) is 20.0. The van der Waals surface area contributed by atoms with Crippen LogP contribution in [-0.2, 0) is 24.3 Å². The minimum absolute atomic E-state index is 0.0992. The van der Waals surface area contributed by atoms with Crippen molar-refractivity contribution in [2.45, 2.75) is 49.8 Å². The van der Waals surface area contributed by atoms with E-state index in [1.807, 2.05) is 49.4 Å². The number of nitrogens with one attached hydrogen (secondary N) is 1. The van der Waals surface area contributed by atoms with Crippen molar-refractivity contribution in [3.63, 3.8) is 0 Å². The highest BCUT2D eigenvalue weighted by molar-refractivity contribution is 7.89. The molecule has 184 valence electrons. The zero-order chi connectivity index (χ0) is 25.0. The van der Waals surface area contributed by atoms with E-state index in [0.717, 1.165) is 21.9 Å². The van der Waals surface area contributed by atoms with Crippen LogP contribution in [0.1, 0.15) is 37.0 Å². The van der Waals surface area contributed by atoms with Gasteiger partial charge >= 0.3 is 5.97 Å². The van der Waals surface area contributed by atoms with Gasteiger partial charge in [0.25, 0.3) is 0 Å². The summed E-state index contributed by atoms with van der Waals surface area (Å²) in [5.41, 5.74) is 1.96. The van der Waals surface area contributed by atoms with Crippen LogP contribution in [0.3, 0.4) is 0 Å². The van der Waals surface area contributed by atoms with Crippen molar-refractivity contribution >= 4 is 26.8 Å². The molecule has 0 amide bonds. The number of sulfonamides is 1. The fourth-order valence-electron chi connectivity index (χ4n) is 4.74. The normalized spacial score (nSPS) is 21.0. The molecular formula is C28H31NO5S. The second-order valence-electron chi connectivity index (χ2n) is 8.82. The highest BCUT2D eigenvalue weighted by atomic mass is 32.2. The minimum atomic E-state index is -3.96. The maximum Gasteiger partial charge on any atom is 0.324 e. The van der Waals surface area contributed by atoms with Gasteiger partial charge in [-0.1, -0.05) is 66.2 Å². The molecule has 0 spiro atoms. The molecule has 0 aliphatic carbocycles. The monoisotopic (exact) mass is 493 g/mol. The molecule has 0 unspecified atom stereocenters. The number of carbonyl (C=O) groups is 1. The van der Waals surface area contributed by atoms with Gasteiger partial charge < -0.3 is 9.47 Å². The molecule has 3 aromatic rings. The Hall–Kier alpha value is -3.00. The lowest BCUT2D eigenvalue weighted by Crippen LogP contribution is -2.49. The maximum absolute atomic E-state index is 13.2. The number of ether oxygens (including phenoxy) is 2. The molecule has 1 N–H and O–H groups in total. The third kappa shape index (κ3) is 5.48. The van der Waals surface area contributed by atoms with E-state index in [1.165, 1.54) is 12.1 Å². The van der Waals surface area contributed by atoms with Gasteiger partial charge in [0.2, 0.25) is 10.0 Å². The van der Waals surface area contributed by atoms with Crippen molar-refractivity contribution in [3.05, 3.63) is 90.5 Å². The minimum Gasteiger partial charge on any atom is -0.465 e. The molecule has 6 nitrogen and oxygen atoms in total. The van der Waals surface area contributed by atoms with Crippen molar-refractivity contribution in [1.29, 1.82) is 0 Å². The fourth-order valence-corrected chi connectivity index (χ4v) is 5.97. The largest absolute Gasteiger partial charge is 0.465 e. The van der Waals surface area contributed by atoms with E-state index in [0.29, 0.717) is 12.8 Å². The maximum atomic E-state index is 13.2. The average Bonchev–Trinajstić information content (AvgIpc) is 3.26. The lowest BCUT2D eigenvalue weighted by molar-refractivity contribution is -0.147. The van der Waals surface area contributed by atoms with Crippen LogP contribution in [0.4, 0.5) is 0 Å². The van der Waals surface area contributed by atoms with E-state index in [2.05, 4.69) is 11.3 Å². The van der Waals surface area contributed by atoms with Gasteiger partial charge in [0, 0.05) is 5.92 Å². The van der Waals surface area contributed by atoms with Crippen LogP contribution in [0.25, 0.3) is 10.8 Å². The summed E-state index contributed by atoms with van der Waals surface area (Å²) < 4.78 is 40.8. The molecule has 7 heteroatoms. The van der Waals surface area contributed by atoms with Crippen molar-refractivity contribution in [2.24, 2.45) is 5.92 Å². The molecule has 1 heterocycles. The van der Waals surface area contributed by atoms with E-state index >= 15 is 0 Å².